The summed E-state index contributed by atoms with van der Waals surface area (Å²) in [4.78, 5) is 34.2. The molecule has 0 aliphatic rings. The lowest BCUT2D eigenvalue weighted by Gasteiger charge is -2.08. The molecule has 1 amide bonds. The van der Waals surface area contributed by atoms with Crippen LogP contribution >= 0.6 is 0 Å². The number of amides is 1. The number of hydrogen-bond acceptors (Lipinski definition) is 5. The first-order valence-electron chi connectivity index (χ1n) is 8.90. The predicted molar refractivity (Wildman–Crippen MR) is 102 cm³/mol. The molecule has 7 nitrogen and oxygen atoms in total. The molecule has 148 valence electrons. The Morgan fingerprint density at radius 3 is 2.50 bits per heavy atom. The van der Waals surface area contributed by atoms with Gasteiger partial charge in [-0.15, -0.1) is 0 Å². The number of Topliss-reactive ketones (excluding diaryl/α,β-unsaturated/α-hetero) is 1. The standard InChI is InChI=1S/C20H21FN2O5/c1-2-3-4-5-20(25)22-16-9-6-14(7-10-16)18(24)13-28-19-12-15(21)8-11-17(19)23(26)27/h6-12H,2-5,13H2,1H3,(H,22,25). The topological polar surface area (TPSA) is 98.5 Å². The minimum Gasteiger partial charge on any atom is -0.478 e. The van der Waals surface area contributed by atoms with Crippen LogP contribution in [0.3, 0.4) is 0 Å². The molecule has 0 unspecified atom stereocenters. The first kappa shape index (κ1) is 21.0. The summed E-state index contributed by atoms with van der Waals surface area (Å²) in [5.41, 5.74) is 0.457. The van der Waals surface area contributed by atoms with Crippen molar-refractivity contribution >= 4 is 23.1 Å². The second-order valence-electron chi connectivity index (χ2n) is 6.16. The van der Waals surface area contributed by atoms with Crippen LogP contribution in [0.25, 0.3) is 0 Å². The van der Waals surface area contributed by atoms with Crippen LogP contribution in [0.1, 0.15) is 43.0 Å². The van der Waals surface area contributed by atoms with Gasteiger partial charge in [-0.3, -0.25) is 19.7 Å². The molecule has 0 saturated heterocycles. The van der Waals surface area contributed by atoms with Crippen LogP contribution < -0.4 is 10.1 Å². The van der Waals surface area contributed by atoms with Crippen LogP contribution in [-0.2, 0) is 4.79 Å². The number of nitro groups is 1. The summed E-state index contributed by atoms with van der Waals surface area (Å²) in [6, 6.07) is 9.02. The Morgan fingerprint density at radius 1 is 1.14 bits per heavy atom. The molecule has 2 rings (SSSR count). The van der Waals surface area contributed by atoms with Crippen molar-refractivity contribution in [2.24, 2.45) is 0 Å². The molecule has 0 aliphatic carbocycles. The number of rotatable bonds is 10. The van der Waals surface area contributed by atoms with E-state index in [2.05, 4.69) is 12.2 Å². The van der Waals surface area contributed by atoms with Crippen LogP contribution in [0.2, 0.25) is 0 Å². The van der Waals surface area contributed by atoms with E-state index < -0.39 is 28.8 Å². The van der Waals surface area contributed by atoms with E-state index in [1.807, 2.05) is 0 Å². The highest BCUT2D eigenvalue weighted by molar-refractivity contribution is 5.98. The Labute approximate surface area is 161 Å². The second-order valence-corrected chi connectivity index (χ2v) is 6.16. The van der Waals surface area contributed by atoms with Crippen molar-refractivity contribution in [2.45, 2.75) is 32.6 Å². The fourth-order valence-corrected chi connectivity index (χ4v) is 2.48. The highest BCUT2D eigenvalue weighted by Gasteiger charge is 2.17. The minimum atomic E-state index is -0.711. The van der Waals surface area contributed by atoms with E-state index in [1.54, 1.807) is 12.1 Å². The zero-order valence-corrected chi connectivity index (χ0v) is 15.4. The molecular formula is C20H21FN2O5. The number of benzene rings is 2. The number of hydrogen-bond donors (Lipinski definition) is 1. The number of ketones is 1. The van der Waals surface area contributed by atoms with Crippen molar-refractivity contribution in [2.75, 3.05) is 11.9 Å². The molecule has 0 aliphatic heterocycles. The average molecular weight is 388 g/mol. The molecule has 0 fully saturated rings. The van der Waals surface area contributed by atoms with Gasteiger partial charge in [0.15, 0.2) is 18.1 Å². The number of nitro benzene ring substituents is 1. The number of unbranched alkanes of at least 4 members (excludes halogenated alkanes) is 2. The van der Waals surface area contributed by atoms with E-state index in [9.17, 15) is 24.1 Å². The second kappa shape index (κ2) is 10.1. The fraction of sp³-hybridized carbons (Fsp3) is 0.300. The molecule has 1 N–H and O–H groups in total. The maximum absolute atomic E-state index is 13.3. The van der Waals surface area contributed by atoms with Crippen LogP contribution in [-0.4, -0.2) is 23.2 Å². The van der Waals surface area contributed by atoms with Gasteiger partial charge in [0.25, 0.3) is 0 Å². The van der Waals surface area contributed by atoms with Crippen LogP contribution in [0.4, 0.5) is 15.8 Å². The summed E-state index contributed by atoms with van der Waals surface area (Å²) in [6.07, 6.45) is 3.28. The van der Waals surface area contributed by atoms with E-state index >= 15 is 0 Å². The largest absolute Gasteiger partial charge is 0.478 e. The molecular weight excluding hydrogens is 367 g/mol. The van der Waals surface area contributed by atoms with E-state index in [1.165, 1.54) is 12.1 Å². The van der Waals surface area contributed by atoms with E-state index in [0.717, 1.165) is 37.5 Å². The Bertz CT molecular complexity index is 852. The van der Waals surface area contributed by atoms with Gasteiger partial charge >= 0.3 is 5.69 Å². The first-order valence-corrected chi connectivity index (χ1v) is 8.90. The number of anilines is 1. The average Bonchev–Trinajstić information content (AvgIpc) is 2.66. The third-order valence-corrected chi connectivity index (χ3v) is 3.98. The predicted octanol–water partition coefficient (Wildman–Crippen LogP) is 4.51. The summed E-state index contributed by atoms with van der Waals surface area (Å²) < 4.78 is 18.4. The summed E-state index contributed by atoms with van der Waals surface area (Å²) in [5.74, 6) is -1.53. The molecule has 0 saturated carbocycles. The van der Waals surface area contributed by atoms with Gasteiger partial charge in [-0.05, 0) is 36.8 Å². The quantitative estimate of drug-likeness (QED) is 0.279. The Hall–Kier alpha value is -3.29. The van der Waals surface area contributed by atoms with Crippen molar-refractivity contribution in [3.8, 4) is 5.75 Å². The summed E-state index contributed by atoms with van der Waals surface area (Å²) in [7, 11) is 0. The zero-order valence-electron chi connectivity index (χ0n) is 15.4. The summed E-state index contributed by atoms with van der Waals surface area (Å²) in [6.45, 7) is 1.58. The van der Waals surface area contributed by atoms with Crippen LogP contribution in [0, 0.1) is 15.9 Å². The molecule has 28 heavy (non-hydrogen) atoms. The highest BCUT2D eigenvalue weighted by Crippen LogP contribution is 2.27. The number of halogens is 1. The lowest BCUT2D eigenvalue weighted by atomic mass is 10.1. The van der Waals surface area contributed by atoms with E-state index in [-0.39, 0.29) is 11.7 Å². The molecule has 0 atom stereocenters. The van der Waals surface area contributed by atoms with Crippen molar-refractivity contribution < 1.29 is 23.6 Å². The highest BCUT2D eigenvalue weighted by atomic mass is 19.1. The molecule has 0 bridgehead atoms. The molecule has 2 aromatic carbocycles. The number of nitrogens with zero attached hydrogens (tertiary/aromatic N) is 1. The van der Waals surface area contributed by atoms with Gasteiger partial charge in [-0.2, -0.15) is 0 Å². The summed E-state index contributed by atoms with van der Waals surface area (Å²) in [5, 5.41) is 13.7. The van der Waals surface area contributed by atoms with Gasteiger partial charge in [-0.1, -0.05) is 19.8 Å². The molecule has 0 radical (unpaired) electrons. The third kappa shape index (κ3) is 6.15. The van der Waals surface area contributed by atoms with E-state index in [4.69, 9.17) is 4.74 Å². The third-order valence-electron chi connectivity index (χ3n) is 3.98. The van der Waals surface area contributed by atoms with Gasteiger partial charge in [0.1, 0.15) is 5.82 Å². The molecule has 0 spiro atoms. The number of carbonyl (C=O) groups is 2. The zero-order chi connectivity index (χ0) is 20.5. The molecule has 0 heterocycles. The fourth-order valence-electron chi connectivity index (χ4n) is 2.48. The summed E-state index contributed by atoms with van der Waals surface area (Å²) >= 11 is 0. The molecule has 2 aromatic rings. The maximum atomic E-state index is 13.3. The smallest absolute Gasteiger partial charge is 0.311 e. The lowest BCUT2D eigenvalue weighted by molar-refractivity contribution is -0.385. The van der Waals surface area contributed by atoms with Crippen LogP contribution in [0.5, 0.6) is 5.75 Å². The van der Waals surface area contributed by atoms with Crippen molar-refractivity contribution in [3.05, 3.63) is 64.0 Å². The maximum Gasteiger partial charge on any atom is 0.311 e. The Kier molecular flexibility index (Phi) is 7.62. The lowest BCUT2D eigenvalue weighted by Crippen LogP contribution is -2.13. The number of carbonyl (C=O) groups excluding carboxylic acids is 2. The Balaban J connectivity index is 1.94. The van der Waals surface area contributed by atoms with Gasteiger partial charge in [0.05, 0.1) is 4.92 Å². The monoisotopic (exact) mass is 388 g/mol. The normalized spacial score (nSPS) is 10.4. The molecule has 0 aromatic heterocycles. The van der Waals surface area contributed by atoms with Gasteiger partial charge in [-0.25, -0.2) is 4.39 Å². The van der Waals surface area contributed by atoms with Crippen molar-refractivity contribution in [3.63, 3.8) is 0 Å². The van der Waals surface area contributed by atoms with Crippen LogP contribution in [0.15, 0.2) is 42.5 Å². The number of ether oxygens (including phenoxy) is 1. The van der Waals surface area contributed by atoms with Gasteiger partial charge in [0, 0.05) is 29.8 Å². The first-order chi connectivity index (χ1) is 13.4. The van der Waals surface area contributed by atoms with Crippen molar-refractivity contribution in [1.82, 2.24) is 0 Å². The van der Waals surface area contributed by atoms with Crippen molar-refractivity contribution in [1.29, 1.82) is 0 Å². The number of nitrogens with one attached hydrogen (secondary N) is 1. The van der Waals surface area contributed by atoms with Gasteiger partial charge in [0.2, 0.25) is 5.91 Å². The Morgan fingerprint density at radius 2 is 1.86 bits per heavy atom. The van der Waals surface area contributed by atoms with E-state index in [0.29, 0.717) is 17.7 Å². The van der Waals surface area contributed by atoms with Gasteiger partial charge < -0.3 is 10.1 Å². The minimum absolute atomic E-state index is 0.0886. The molecule has 8 heteroatoms. The SMILES string of the molecule is CCCCCC(=O)Nc1ccc(C(=O)COc2cc(F)ccc2[N+](=O)[O-])cc1.